The van der Waals surface area contributed by atoms with Gasteiger partial charge in [-0.25, -0.2) is 0 Å². The molecular formula is C24H16N2OS. The Hall–Kier alpha value is -3.37. The van der Waals surface area contributed by atoms with Gasteiger partial charge in [-0.1, -0.05) is 24.3 Å². The molecule has 0 saturated carbocycles. The number of nitrogens with zero attached hydrogens (tertiary/aromatic N) is 2. The van der Waals surface area contributed by atoms with E-state index in [4.69, 9.17) is 9.72 Å². The molecule has 0 saturated heterocycles. The summed E-state index contributed by atoms with van der Waals surface area (Å²) < 4.78 is 10.3. The third-order valence-electron chi connectivity index (χ3n) is 5.33. The fraction of sp³-hybridized carbons (Fsp3) is 0.0417. The maximum atomic E-state index is 5.46. The minimum atomic E-state index is 0.847. The van der Waals surface area contributed by atoms with Crippen LogP contribution in [0.25, 0.3) is 47.8 Å². The standard InChI is InChI=1S/C24H16N2OS/c1-27-16-7-4-6-15(12-16)26-20-9-5-11-25-24(20)19-13-18-17-8-2-3-10-22(17)28-23(18)14-21(19)26/h2-14H,1H3. The number of benzene rings is 3. The zero-order valence-electron chi connectivity index (χ0n) is 15.2. The minimum Gasteiger partial charge on any atom is -0.497 e. The maximum Gasteiger partial charge on any atom is 0.120 e. The van der Waals surface area contributed by atoms with E-state index in [1.165, 1.54) is 31.1 Å². The van der Waals surface area contributed by atoms with Gasteiger partial charge in [-0.2, -0.15) is 0 Å². The van der Waals surface area contributed by atoms with E-state index in [1.54, 1.807) is 7.11 Å². The predicted molar refractivity (Wildman–Crippen MR) is 118 cm³/mol. The molecule has 4 heteroatoms. The first-order valence-corrected chi connectivity index (χ1v) is 10.00. The second-order valence-corrected chi connectivity index (χ2v) is 7.96. The van der Waals surface area contributed by atoms with Gasteiger partial charge < -0.3 is 9.30 Å². The molecule has 0 aliphatic heterocycles. The Bertz CT molecular complexity index is 1510. The van der Waals surface area contributed by atoms with E-state index in [2.05, 4.69) is 59.2 Å². The van der Waals surface area contributed by atoms with Gasteiger partial charge in [0, 0.05) is 43.5 Å². The summed E-state index contributed by atoms with van der Waals surface area (Å²) in [5.41, 5.74) is 4.37. The molecule has 0 fully saturated rings. The lowest BCUT2D eigenvalue weighted by Gasteiger charge is -2.09. The van der Waals surface area contributed by atoms with Gasteiger partial charge in [0.05, 0.1) is 23.7 Å². The van der Waals surface area contributed by atoms with Gasteiger partial charge in [-0.05, 0) is 42.5 Å². The van der Waals surface area contributed by atoms with E-state index >= 15 is 0 Å². The summed E-state index contributed by atoms with van der Waals surface area (Å²) in [4.78, 5) is 4.72. The molecule has 3 nitrogen and oxygen atoms in total. The summed E-state index contributed by atoms with van der Waals surface area (Å²) in [7, 11) is 1.70. The highest BCUT2D eigenvalue weighted by atomic mass is 32.1. The van der Waals surface area contributed by atoms with E-state index < -0.39 is 0 Å². The van der Waals surface area contributed by atoms with E-state index in [0.29, 0.717) is 0 Å². The second kappa shape index (κ2) is 5.81. The van der Waals surface area contributed by atoms with Crippen LogP contribution in [0.5, 0.6) is 5.75 Å². The summed E-state index contributed by atoms with van der Waals surface area (Å²) >= 11 is 1.84. The van der Waals surface area contributed by atoms with Crippen molar-refractivity contribution >= 4 is 53.4 Å². The number of hydrogen-bond acceptors (Lipinski definition) is 3. The van der Waals surface area contributed by atoms with Crippen molar-refractivity contribution < 1.29 is 4.74 Å². The summed E-state index contributed by atoms with van der Waals surface area (Å²) in [5.74, 6) is 0.847. The highest BCUT2D eigenvalue weighted by Gasteiger charge is 2.16. The van der Waals surface area contributed by atoms with Crippen LogP contribution < -0.4 is 4.74 Å². The third kappa shape index (κ3) is 2.12. The number of hydrogen-bond donors (Lipinski definition) is 0. The molecule has 0 amide bonds. The highest BCUT2D eigenvalue weighted by Crippen LogP contribution is 2.40. The van der Waals surface area contributed by atoms with Gasteiger partial charge in [-0.3, -0.25) is 4.98 Å². The molecule has 0 aliphatic rings. The number of fused-ring (bicyclic) bond motifs is 6. The van der Waals surface area contributed by atoms with Gasteiger partial charge in [0.2, 0.25) is 0 Å². The lowest BCUT2D eigenvalue weighted by Crippen LogP contribution is -1.94. The summed E-state index contributed by atoms with van der Waals surface area (Å²) in [6, 6.07) is 25.5. The molecule has 3 aromatic heterocycles. The van der Waals surface area contributed by atoms with Crippen molar-refractivity contribution in [3.8, 4) is 11.4 Å². The number of rotatable bonds is 2. The minimum absolute atomic E-state index is 0.847. The van der Waals surface area contributed by atoms with Crippen molar-refractivity contribution in [2.75, 3.05) is 7.11 Å². The molecular weight excluding hydrogens is 364 g/mol. The van der Waals surface area contributed by atoms with Crippen LogP contribution in [0.3, 0.4) is 0 Å². The predicted octanol–water partition coefficient (Wildman–Crippen LogP) is 6.56. The van der Waals surface area contributed by atoms with Crippen molar-refractivity contribution in [3.05, 3.63) is 79.0 Å². The zero-order valence-corrected chi connectivity index (χ0v) is 16.0. The van der Waals surface area contributed by atoms with Crippen LogP contribution in [0.1, 0.15) is 0 Å². The van der Waals surface area contributed by atoms with Gasteiger partial charge in [0.25, 0.3) is 0 Å². The first kappa shape index (κ1) is 15.7. The average Bonchev–Trinajstić information content (AvgIpc) is 3.27. The second-order valence-electron chi connectivity index (χ2n) is 6.87. The Morgan fingerprint density at radius 3 is 2.64 bits per heavy atom. The molecule has 134 valence electrons. The van der Waals surface area contributed by atoms with Gasteiger partial charge in [-0.15, -0.1) is 11.3 Å². The van der Waals surface area contributed by atoms with Crippen LogP contribution in [-0.2, 0) is 0 Å². The molecule has 0 atom stereocenters. The lowest BCUT2D eigenvalue weighted by molar-refractivity contribution is 0.414. The van der Waals surface area contributed by atoms with Crippen molar-refractivity contribution in [1.82, 2.24) is 9.55 Å². The molecule has 0 unspecified atom stereocenters. The number of thiophene rings is 1. The SMILES string of the molecule is COc1cccc(-n2c3cc4sc5ccccc5c4cc3c3ncccc32)c1. The van der Waals surface area contributed by atoms with Crippen LogP contribution in [0.15, 0.2) is 79.0 Å². The summed E-state index contributed by atoms with van der Waals surface area (Å²) in [6.07, 6.45) is 1.87. The van der Waals surface area contributed by atoms with Crippen molar-refractivity contribution in [3.63, 3.8) is 0 Å². The average molecular weight is 380 g/mol. The zero-order chi connectivity index (χ0) is 18.7. The third-order valence-corrected chi connectivity index (χ3v) is 6.46. The van der Waals surface area contributed by atoms with E-state index in [9.17, 15) is 0 Å². The number of pyridine rings is 1. The smallest absolute Gasteiger partial charge is 0.120 e. The monoisotopic (exact) mass is 380 g/mol. The molecule has 0 radical (unpaired) electrons. The molecule has 6 rings (SSSR count). The largest absolute Gasteiger partial charge is 0.497 e. The normalized spacial score (nSPS) is 11.8. The molecule has 3 aromatic carbocycles. The van der Waals surface area contributed by atoms with E-state index in [-0.39, 0.29) is 0 Å². The molecule has 0 bridgehead atoms. The van der Waals surface area contributed by atoms with E-state index in [1.807, 2.05) is 35.7 Å². The highest BCUT2D eigenvalue weighted by molar-refractivity contribution is 7.25. The molecule has 6 aromatic rings. The number of aromatic nitrogens is 2. The summed E-state index contributed by atoms with van der Waals surface area (Å²) in [5, 5.41) is 3.78. The van der Waals surface area contributed by atoms with Crippen LogP contribution >= 0.6 is 11.3 Å². The Morgan fingerprint density at radius 2 is 1.71 bits per heavy atom. The maximum absolute atomic E-state index is 5.46. The summed E-state index contributed by atoms with van der Waals surface area (Å²) in [6.45, 7) is 0. The van der Waals surface area contributed by atoms with Crippen LogP contribution in [-0.4, -0.2) is 16.7 Å². The fourth-order valence-electron chi connectivity index (χ4n) is 4.08. The van der Waals surface area contributed by atoms with Crippen molar-refractivity contribution in [2.45, 2.75) is 0 Å². The molecule has 28 heavy (non-hydrogen) atoms. The Kier molecular flexibility index (Phi) is 3.25. The van der Waals surface area contributed by atoms with Gasteiger partial charge in [0.1, 0.15) is 5.75 Å². The Morgan fingerprint density at radius 1 is 0.786 bits per heavy atom. The van der Waals surface area contributed by atoms with Crippen LogP contribution in [0, 0.1) is 0 Å². The molecule has 0 spiro atoms. The number of methoxy groups -OCH3 is 1. The van der Waals surface area contributed by atoms with Gasteiger partial charge in [0.15, 0.2) is 0 Å². The number of ether oxygens (including phenoxy) is 1. The topological polar surface area (TPSA) is 27.1 Å². The van der Waals surface area contributed by atoms with Gasteiger partial charge >= 0.3 is 0 Å². The van der Waals surface area contributed by atoms with E-state index in [0.717, 1.165) is 22.5 Å². The molecule has 3 heterocycles. The van der Waals surface area contributed by atoms with Crippen LogP contribution in [0.2, 0.25) is 0 Å². The Labute approximate surface area is 165 Å². The van der Waals surface area contributed by atoms with Crippen molar-refractivity contribution in [1.29, 1.82) is 0 Å². The lowest BCUT2D eigenvalue weighted by atomic mass is 10.1. The Balaban J connectivity index is 1.80. The fourth-order valence-corrected chi connectivity index (χ4v) is 5.20. The molecule has 0 aliphatic carbocycles. The first-order valence-electron chi connectivity index (χ1n) is 9.18. The van der Waals surface area contributed by atoms with Crippen LogP contribution in [0.4, 0.5) is 0 Å². The van der Waals surface area contributed by atoms with Crippen molar-refractivity contribution in [2.24, 2.45) is 0 Å². The quantitative estimate of drug-likeness (QED) is 0.340. The molecule has 0 N–H and O–H groups in total. The first-order chi connectivity index (χ1) is 13.8.